The molecule has 0 unspecified atom stereocenters. The van der Waals surface area contributed by atoms with Gasteiger partial charge in [-0.05, 0) is 30.7 Å². The lowest BCUT2D eigenvalue weighted by molar-refractivity contribution is 0.374. The van der Waals surface area contributed by atoms with E-state index in [0.717, 1.165) is 5.56 Å². The Morgan fingerprint density at radius 3 is 2.50 bits per heavy atom. The monoisotopic (exact) mass is 323 g/mol. The largest absolute Gasteiger partial charge is 0.493 e. The van der Waals surface area contributed by atoms with Crippen LogP contribution in [0, 0.1) is 6.92 Å². The van der Waals surface area contributed by atoms with Gasteiger partial charge in [0.2, 0.25) is 5.88 Å². The smallest absolute Gasteiger partial charge is 0.248 e. The Hall–Kier alpha value is -3.35. The SMILES string of the molecule is COc1ccccc1Oc1ncnc(Nc2ccc(C)cn2)c1N. The van der Waals surface area contributed by atoms with Gasteiger partial charge >= 0.3 is 0 Å². The number of nitrogens with two attached hydrogens (primary N) is 1. The Balaban J connectivity index is 1.86. The minimum atomic E-state index is 0.240. The first kappa shape index (κ1) is 15.5. The van der Waals surface area contributed by atoms with Gasteiger partial charge in [0.1, 0.15) is 17.8 Å². The lowest BCUT2D eigenvalue weighted by Crippen LogP contribution is -2.04. The topological polar surface area (TPSA) is 95.2 Å². The molecule has 0 saturated heterocycles. The van der Waals surface area contributed by atoms with Crippen LogP contribution < -0.4 is 20.5 Å². The second kappa shape index (κ2) is 6.82. The number of aromatic nitrogens is 3. The summed E-state index contributed by atoms with van der Waals surface area (Å²) in [7, 11) is 1.57. The molecule has 0 saturated carbocycles. The summed E-state index contributed by atoms with van der Waals surface area (Å²) in [5.74, 6) is 2.40. The van der Waals surface area contributed by atoms with Crippen molar-refractivity contribution in [2.45, 2.75) is 6.92 Å². The van der Waals surface area contributed by atoms with E-state index in [0.29, 0.717) is 23.1 Å². The highest BCUT2D eigenvalue weighted by atomic mass is 16.5. The molecule has 7 heteroatoms. The first-order valence-corrected chi connectivity index (χ1v) is 7.28. The maximum atomic E-state index is 6.12. The zero-order valence-corrected chi connectivity index (χ0v) is 13.4. The molecular weight excluding hydrogens is 306 g/mol. The molecule has 0 spiro atoms. The van der Waals surface area contributed by atoms with Crippen LogP contribution in [-0.2, 0) is 0 Å². The van der Waals surface area contributed by atoms with Crippen LogP contribution in [0.3, 0.4) is 0 Å². The molecule has 0 amide bonds. The van der Waals surface area contributed by atoms with Gasteiger partial charge in [-0.1, -0.05) is 18.2 Å². The van der Waals surface area contributed by atoms with Gasteiger partial charge in [0.05, 0.1) is 7.11 Å². The van der Waals surface area contributed by atoms with Crippen molar-refractivity contribution in [2.75, 3.05) is 18.2 Å². The second-order valence-electron chi connectivity index (χ2n) is 5.04. The van der Waals surface area contributed by atoms with E-state index in [1.807, 2.05) is 31.2 Å². The average Bonchev–Trinajstić information content (AvgIpc) is 2.61. The van der Waals surface area contributed by atoms with Crippen LogP contribution in [0.4, 0.5) is 17.3 Å². The van der Waals surface area contributed by atoms with Crippen molar-refractivity contribution in [1.82, 2.24) is 15.0 Å². The summed E-state index contributed by atoms with van der Waals surface area (Å²) in [6, 6.07) is 11.0. The highest BCUT2D eigenvalue weighted by Crippen LogP contribution is 2.34. The van der Waals surface area contributed by atoms with Crippen LogP contribution in [-0.4, -0.2) is 22.1 Å². The molecule has 0 aliphatic carbocycles. The van der Waals surface area contributed by atoms with Crippen molar-refractivity contribution >= 4 is 17.3 Å². The van der Waals surface area contributed by atoms with Gasteiger partial charge in [0.15, 0.2) is 17.3 Å². The number of rotatable bonds is 5. The van der Waals surface area contributed by atoms with Crippen LogP contribution in [0.15, 0.2) is 48.9 Å². The maximum absolute atomic E-state index is 6.12. The molecule has 3 rings (SSSR count). The van der Waals surface area contributed by atoms with Crippen molar-refractivity contribution in [1.29, 1.82) is 0 Å². The third-order valence-electron chi connectivity index (χ3n) is 3.28. The predicted octanol–water partition coefficient (Wildman–Crippen LogP) is 3.31. The predicted molar refractivity (Wildman–Crippen MR) is 91.8 cm³/mol. The minimum Gasteiger partial charge on any atom is -0.493 e. The summed E-state index contributed by atoms with van der Waals surface area (Å²) in [6.45, 7) is 1.97. The Morgan fingerprint density at radius 2 is 1.79 bits per heavy atom. The summed E-state index contributed by atoms with van der Waals surface area (Å²) in [4.78, 5) is 12.5. The average molecular weight is 323 g/mol. The quantitative estimate of drug-likeness (QED) is 0.743. The summed E-state index contributed by atoms with van der Waals surface area (Å²) < 4.78 is 11.0. The standard InChI is InChI=1S/C17H17N5O2/c1-11-7-8-14(19-9-11)22-16-15(18)17(21-10-20-16)24-13-6-4-3-5-12(13)23-2/h3-10H,18H2,1-2H3,(H,19,20,21,22). The normalized spacial score (nSPS) is 10.2. The van der Waals surface area contributed by atoms with E-state index in [1.165, 1.54) is 6.33 Å². The number of nitrogens with one attached hydrogen (secondary N) is 1. The van der Waals surface area contributed by atoms with Crippen LogP contribution >= 0.6 is 0 Å². The third kappa shape index (κ3) is 3.35. The number of pyridine rings is 1. The molecule has 0 aliphatic rings. The maximum Gasteiger partial charge on any atom is 0.248 e. The summed E-state index contributed by atoms with van der Waals surface area (Å²) >= 11 is 0. The van der Waals surface area contributed by atoms with Crippen LogP contribution in [0.5, 0.6) is 17.4 Å². The molecule has 0 aliphatic heterocycles. The van der Waals surface area contributed by atoms with Gasteiger partial charge in [0.25, 0.3) is 0 Å². The number of ether oxygens (including phenoxy) is 2. The Kier molecular flexibility index (Phi) is 4.42. The molecule has 3 aromatic rings. The van der Waals surface area contributed by atoms with Gasteiger partial charge in [0, 0.05) is 6.20 Å². The second-order valence-corrected chi connectivity index (χ2v) is 5.04. The molecule has 2 heterocycles. The lowest BCUT2D eigenvalue weighted by atomic mass is 10.3. The van der Waals surface area contributed by atoms with Gasteiger partial charge in [-0.3, -0.25) is 0 Å². The molecule has 7 nitrogen and oxygen atoms in total. The fourth-order valence-corrected chi connectivity index (χ4v) is 2.03. The molecule has 0 bridgehead atoms. The van der Waals surface area contributed by atoms with Crippen LogP contribution in [0.2, 0.25) is 0 Å². The van der Waals surface area contributed by atoms with Crippen LogP contribution in [0.1, 0.15) is 5.56 Å². The molecule has 0 atom stereocenters. The van der Waals surface area contributed by atoms with Crippen LogP contribution in [0.25, 0.3) is 0 Å². The summed E-state index contributed by atoms with van der Waals surface area (Å²) in [6.07, 6.45) is 3.13. The first-order chi connectivity index (χ1) is 11.7. The highest BCUT2D eigenvalue weighted by Gasteiger charge is 2.13. The van der Waals surface area contributed by atoms with Gasteiger partial charge in [-0.25, -0.2) is 9.97 Å². The van der Waals surface area contributed by atoms with E-state index in [4.69, 9.17) is 15.2 Å². The van der Waals surface area contributed by atoms with Crippen molar-refractivity contribution < 1.29 is 9.47 Å². The molecular formula is C17H17N5O2. The fraction of sp³-hybridized carbons (Fsp3) is 0.118. The van der Waals surface area contributed by atoms with E-state index in [-0.39, 0.29) is 11.6 Å². The molecule has 2 aromatic heterocycles. The molecule has 122 valence electrons. The minimum absolute atomic E-state index is 0.240. The van der Waals surface area contributed by atoms with Gasteiger partial charge < -0.3 is 20.5 Å². The molecule has 24 heavy (non-hydrogen) atoms. The number of aryl methyl sites for hydroxylation is 1. The van der Waals surface area contributed by atoms with Gasteiger partial charge in [-0.15, -0.1) is 0 Å². The number of methoxy groups -OCH3 is 1. The van der Waals surface area contributed by atoms with E-state index in [2.05, 4.69) is 20.3 Å². The Bertz CT molecular complexity index is 837. The highest BCUT2D eigenvalue weighted by molar-refractivity contribution is 5.71. The molecule has 0 fully saturated rings. The van der Waals surface area contributed by atoms with Crippen molar-refractivity contribution in [2.24, 2.45) is 0 Å². The number of para-hydroxylation sites is 2. The molecule has 3 N–H and O–H groups in total. The Labute approximate surface area is 139 Å². The van der Waals surface area contributed by atoms with E-state index < -0.39 is 0 Å². The number of benzene rings is 1. The molecule has 0 radical (unpaired) electrons. The first-order valence-electron chi connectivity index (χ1n) is 7.28. The van der Waals surface area contributed by atoms with Crippen molar-refractivity contribution in [3.63, 3.8) is 0 Å². The number of anilines is 3. The summed E-state index contributed by atoms with van der Waals surface area (Å²) in [5, 5.41) is 3.06. The zero-order valence-electron chi connectivity index (χ0n) is 13.4. The number of hydrogen-bond acceptors (Lipinski definition) is 7. The van der Waals surface area contributed by atoms with Crippen molar-refractivity contribution in [3.05, 3.63) is 54.5 Å². The number of nitrogen functional groups attached to an aromatic ring is 1. The molecule has 1 aromatic carbocycles. The summed E-state index contributed by atoms with van der Waals surface area (Å²) in [5.41, 5.74) is 7.47. The van der Waals surface area contributed by atoms with E-state index >= 15 is 0 Å². The number of nitrogens with zero attached hydrogens (tertiary/aromatic N) is 3. The Morgan fingerprint density at radius 1 is 1.00 bits per heavy atom. The fourth-order valence-electron chi connectivity index (χ4n) is 2.03. The van der Waals surface area contributed by atoms with E-state index in [9.17, 15) is 0 Å². The van der Waals surface area contributed by atoms with Crippen molar-refractivity contribution in [3.8, 4) is 17.4 Å². The third-order valence-corrected chi connectivity index (χ3v) is 3.28. The number of hydrogen-bond donors (Lipinski definition) is 2. The van der Waals surface area contributed by atoms with Gasteiger partial charge in [-0.2, -0.15) is 4.98 Å². The zero-order chi connectivity index (χ0) is 16.9. The lowest BCUT2D eigenvalue weighted by Gasteiger charge is -2.13. The van der Waals surface area contributed by atoms with E-state index in [1.54, 1.807) is 25.4 Å².